The second-order valence-electron chi connectivity index (χ2n) is 4.21. The largest absolute Gasteiger partial charge is 0.468 e. The van der Waals surface area contributed by atoms with E-state index in [0.29, 0.717) is 0 Å². The van der Waals surface area contributed by atoms with Crippen LogP contribution in [0.15, 0.2) is 0 Å². The van der Waals surface area contributed by atoms with E-state index < -0.39 is 0 Å². The summed E-state index contributed by atoms with van der Waals surface area (Å²) in [6.07, 6.45) is 1.09. The van der Waals surface area contributed by atoms with Crippen LogP contribution in [0.5, 0.6) is 0 Å². The lowest BCUT2D eigenvalue weighted by Crippen LogP contribution is -2.41. The van der Waals surface area contributed by atoms with E-state index in [4.69, 9.17) is 4.74 Å². The molecule has 0 heterocycles. The van der Waals surface area contributed by atoms with Crippen molar-refractivity contribution in [3.63, 3.8) is 0 Å². The van der Waals surface area contributed by atoms with E-state index in [1.54, 1.807) is 0 Å². The third-order valence-corrected chi connectivity index (χ3v) is 3.31. The van der Waals surface area contributed by atoms with Gasteiger partial charge in [0.2, 0.25) is 0 Å². The summed E-state index contributed by atoms with van der Waals surface area (Å²) in [5, 5.41) is 0. The predicted molar refractivity (Wildman–Crippen MR) is 71.1 cm³/mol. The number of carbonyl (C=O) groups excluding carboxylic acids is 1. The van der Waals surface area contributed by atoms with Gasteiger partial charge in [-0.1, -0.05) is 20.8 Å². The quantitative estimate of drug-likeness (QED) is 0.577. The topological polar surface area (TPSA) is 32.8 Å². The van der Waals surface area contributed by atoms with Crippen LogP contribution in [0.2, 0.25) is 0 Å². The summed E-state index contributed by atoms with van der Waals surface area (Å²) in [5.41, 5.74) is 0. The molecule has 0 bridgehead atoms. The molecule has 4 nitrogen and oxygen atoms in total. The van der Waals surface area contributed by atoms with Crippen LogP contribution >= 0.6 is 0 Å². The van der Waals surface area contributed by atoms with E-state index in [1.165, 1.54) is 7.11 Å². The number of ether oxygens (including phenoxy) is 1. The Balaban J connectivity index is 4.01. The highest BCUT2D eigenvalue weighted by atomic mass is 16.5. The molecule has 0 spiro atoms. The van der Waals surface area contributed by atoms with Gasteiger partial charge in [0.15, 0.2) is 0 Å². The Kier molecular flexibility index (Phi) is 9.09. The van der Waals surface area contributed by atoms with E-state index in [1.807, 2.05) is 6.92 Å². The van der Waals surface area contributed by atoms with Gasteiger partial charge >= 0.3 is 5.97 Å². The highest BCUT2D eigenvalue weighted by molar-refractivity contribution is 5.75. The van der Waals surface area contributed by atoms with Gasteiger partial charge in [0, 0.05) is 6.54 Å². The van der Waals surface area contributed by atoms with Crippen LogP contribution in [0.25, 0.3) is 0 Å². The highest BCUT2D eigenvalue weighted by Crippen LogP contribution is 2.03. The Bertz CT molecular complexity index is 206. The number of carbonyl (C=O) groups is 1. The van der Waals surface area contributed by atoms with Crippen molar-refractivity contribution in [2.24, 2.45) is 0 Å². The maximum absolute atomic E-state index is 11.4. The Morgan fingerprint density at radius 2 is 1.71 bits per heavy atom. The average molecular weight is 244 g/mol. The number of methoxy groups -OCH3 is 1. The average Bonchev–Trinajstić information content (AvgIpc) is 2.37. The molecule has 0 aliphatic heterocycles. The molecule has 0 aromatic heterocycles. The molecule has 0 rings (SSSR count). The van der Waals surface area contributed by atoms with E-state index in [0.717, 1.165) is 39.1 Å². The van der Waals surface area contributed by atoms with Crippen molar-refractivity contribution in [3.05, 3.63) is 0 Å². The highest BCUT2D eigenvalue weighted by Gasteiger charge is 2.19. The molecule has 4 heteroatoms. The lowest BCUT2D eigenvalue weighted by Gasteiger charge is -2.27. The maximum Gasteiger partial charge on any atom is 0.322 e. The van der Waals surface area contributed by atoms with Gasteiger partial charge in [0.1, 0.15) is 6.04 Å². The third kappa shape index (κ3) is 6.03. The zero-order valence-corrected chi connectivity index (χ0v) is 12.0. The molecular weight excluding hydrogens is 216 g/mol. The standard InChI is InChI=1S/C13H28N2O2/c1-6-14(7-2)10-9-11-15(8-3)12(4)13(16)17-5/h12H,6-11H2,1-5H3. The number of esters is 1. The van der Waals surface area contributed by atoms with Crippen molar-refractivity contribution in [1.29, 1.82) is 0 Å². The van der Waals surface area contributed by atoms with Gasteiger partial charge in [-0.15, -0.1) is 0 Å². The second-order valence-corrected chi connectivity index (χ2v) is 4.21. The first-order chi connectivity index (χ1) is 8.10. The minimum atomic E-state index is -0.144. The van der Waals surface area contributed by atoms with Crippen LogP contribution < -0.4 is 0 Å². The molecule has 0 fully saturated rings. The summed E-state index contributed by atoms with van der Waals surface area (Å²) in [6.45, 7) is 13.5. The molecule has 0 saturated heterocycles. The normalized spacial score (nSPS) is 13.1. The van der Waals surface area contributed by atoms with Crippen LogP contribution in [-0.4, -0.2) is 61.6 Å². The molecule has 0 aromatic rings. The molecule has 1 unspecified atom stereocenters. The number of rotatable bonds is 9. The Hall–Kier alpha value is -0.610. The van der Waals surface area contributed by atoms with E-state index >= 15 is 0 Å². The summed E-state index contributed by atoms with van der Waals surface area (Å²) in [6, 6.07) is -0.137. The number of hydrogen-bond donors (Lipinski definition) is 0. The number of likely N-dealkylation sites (N-methyl/N-ethyl adjacent to an activating group) is 1. The van der Waals surface area contributed by atoms with Gasteiger partial charge in [-0.2, -0.15) is 0 Å². The monoisotopic (exact) mass is 244 g/mol. The van der Waals surface area contributed by atoms with Crippen LogP contribution in [0.1, 0.15) is 34.1 Å². The van der Waals surface area contributed by atoms with Crippen LogP contribution in [0.4, 0.5) is 0 Å². The van der Waals surface area contributed by atoms with Crippen LogP contribution in [0, 0.1) is 0 Å². The Labute approximate surface area is 106 Å². The molecule has 0 N–H and O–H groups in total. The fourth-order valence-corrected chi connectivity index (χ4v) is 1.98. The predicted octanol–water partition coefficient (Wildman–Crippen LogP) is 1.60. The van der Waals surface area contributed by atoms with Crippen molar-refractivity contribution in [3.8, 4) is 0 Å². The smallest absolute Gasteiger partial charge is 0.322 e. The fourth-order valence-electron chi connectivity index (χ4n) is 1.98. The van der Waals surface area contributed by atoms with Gasteiger partial charge in [-0.3, -0.25) is 9.69 Å². The van der Waals surface area contributed by atoms with Crippen molar-refractivity contribution in [2.45, 2.75) is 40.2 Å². The lowest BCUT2D eigenvalue weighted by atomic mass is 10.2. The van der Waals surface area contributed by atoms with E-state index in [2.05, 4.69) is 30.6 Å². The molecule has 0 saturated carbocycles. The van der Waals surface area contributed by atoms with Crippen molar-refractivity contribution >= 4 is 5.97 Å². The van der Waals surface area contributed by atoms with Gasteiger partial charge in [-0.25, -0.2) is 0 Å². The minimum Gasteiger partial charge on any atom is -0.468 e. The molecule has 0 aliphatic carbocycles. The molecule has 1 atom stereocenters. The summed E-state index contributed by atoms with van der Waals surface area (Å²) >= 11 is 0. The molecule has 17 heavy (non-hydrogen) atoms. The first-order valence-electron chi connectivity index (χ1n) is 6.64. The molecular formula is C13H28N2O2. The van der Waals surface area contributed by atoms with Gasteiger partial charge in [0.25, 0.3) is 0 Å². The Morgan fingerprint density at radius 3 is 2.12 bits per heavy atom. The molecule has 0 radical (unpaired) electrons. The third-order valence-electron chi connectivity index (χ3n) is 3.31. The SMILES string of the molecule is CCN(CC)CCCN(CC)C(C)C(=O)OC. The second kappa shape index (κ2) is 9.42. The maximum atomic E-state index is 11.4. The van der Waals surface area contributed by atoms with Crippen molar-refractivity contribution in [1.82, 2.24) is 9.80 Å². The van der Waals surface area contributed by atoms with Gasteiger partial charge in [0.05, 0.1) is 7.11 Å². The summed E-state index contributed by atoms with van der Waals surface area (Å²) in [5.74, 6) is -0.144. The van der Waals surface area contributed by atoms with E-state index in [9.17, 15) is 4.79 Å². The summed E-state index contributed by atoms with van der Waals surface area (Å²) in [7, 11) is 1.45. The minimum absolute atomic E-state index is 0.137. The van der Waals surface area contributed by atoms with Crippen LogP contribution in [-0.2, 0) is 9.53 Å². The molecule has 102 valence electrons. The molecule has 0 amide bonds. The zero-order chi connectivity index (χ0) is 13.3. The molecule has 0 aromatic carbocycles. The first kappa shape index (κ1) is 16.4. The van der Waals surface area contributed by atoms with E-state index in [-0.39, 0.29) is 12.0 Å². The summed E-state index contributed by atoms with van der Waals surface area (Å²) < 4.78 is 4.77. The van der Waals surface area contributed by atoms with Gasteiger partial charge in [-0.05, 0) is 39.5 Å². The Morgan fingerprint density at radius 1 is 1.12 bits per heavy atom. The number of nitrogens with zero attached hydrogens (tertiary/aromatic N) is 2. The fraction of sp³-hybridized carbons (Fsp3) is 0.923. The molecule has 0 aliphatic rings. The van der Waals surface area contributed by atoms with Gasteiger partial charge < -0.3 is 9.64 Å². The zero-order valence-electron chi connectivity index (χ0n) is 12.0. The summed E-state index contributed by atoms with van der Waals surface area (Å²) in [4.78, 5) is 16.0. The number of hydrogen-bond acceptors (Lipinski definition) is 4. The van der Waals surface area contributed by atoms with Crippen molar-refractivity contribution in [2.75, 3.05) is 39.8 Å². The first-order valence-corrected chi connectivity index (χ1v) is 6.64. The van der Waals surface area contributed by atoms with Crippen LogP contribution in [0.3, 0.4) is 0 Å². The van der Waals surface area contributed by atoms with Crippen molar-refractivity contribution < 1.29 is 9.53 Å². The lowest BCUT2D eigenvalue weighted by molar-refractivity contribution is -0.146.